The largest absolute Gasteiger partial charge is 0.299 e. The molecule has 2 aromatic carbocycles. The molecule has 0 bridgehead atoms. The first kappa shape index (κ1) is 37.3. The summed E-state index contributed by atoms with van der Waals surface area (Å²) in [5.41, 5.74) is 6.00. The average Bonchev–Trinajstić information content (AvgIpc) is 3.06. The molecule has 0 aliphatic heterocycles. The van der Waals surface area contributed by atoms with Gasteiger partial charge in [-0.2, -0.15) is 0 Å². The molecule has 1 heteroatoms. The van der Waals surface area contributed by atoms with Crippen molar-refractivity contribution >= 4 is 5.78 Å². The van der Waals surface area contributed by atoms with Gasteiger partial charge in [0.2, 0.25) is 0 Å². The van der Waals surface area contributed by atoms with Gasteiger partial charge >= 0.3 is 0 Å². The lowest BCUT2D eigenvalue weighted by atomic mass is 9.85. The summed E-state index contributed by atoms with van der Waals surface area (Å²) in [6.45, 7) is 32.0. The van der Waals surface area contributed by atoms with Crippen molar-refractivity contribution in [2.45, 2.75) is 140 Å². The first-order valence-electron chi connectivity index (χ1n) is 14.8. The van der Waals surface area contributed by atoms with Crippen LogP contribution in [0.4, 0.5) is 0 Å². The predicted octanol–water partition coefficient (Wildman–Crippen LogP) is 11.4. The van der Waals surface area contributed by atoms with Crippen LogP contribution in [0.1, 0.15) is 145 Å². The first-order chi connectivity index (χ1) is 17.1. The Morgan fingerprint density at radius 1 is 0.703 bits per heavy atom. The van der Waals surface area contributed by atoms with E-state index in [1.165, 1.54) is 28.7 Å². The third kappa shape index (κ3) is 14.6. The van der Waals surface area contributed by atoms with E-state index < -0.39 is 0 Å². The molecular formula is C36H62O. The van der Waals surface area contributed by atoms with Gasteiger partial charge in [-0.25, -0.2) is 0 Å². The van der Waals surface area contributed by atoms with Gasteiger partial charge < -0.3 is 0 Å². The van der Waals surface area contributed by atoms with Gasteiger partial charge in [-0.15, -0.1) is 0 Å². The van der Waals surface area contributed by atoms with E-state index in [1.807, 2.05) is 41.5 Å². The van der Waals surface area contributed by atoms with Crippen LogP contribution in [0.15, 0.2) is 48.5 Å². The third-order valence-corrected chi connectivity index (χ3v) is 6.20. The molecule has 2 aromatic rings. The van der Waals surface area contributed by atoms with E-state index in [2.05, 4.69) is 111 Å². The molecule has 0 aromatic heterocycles. The lowest BCUT2D eigenvalue weighted by Gasteiger charge is -2.20. The third-order valence-electron chi connectivity index (χ3n) is 6.20. The van der Waals surface area contributed by atoms with Gasteiger partial charge in [-0.1, -0.05) is 159 Å². The molecule has 1 saturated carbocycles. The number of ketones is 1. The summed E-state index contributed by atoms with van der Waals surface area (Å²) < 4.78 is 0. The first-order valence-corrected chi connectivity index (χ1v) is 14.8. The molecule has 0 saturated heterocycles. The number of hydrogen-bond donors (Lipinski definition) is 0. The van der Waals surface area contributed by atoms with Crippen molar-refractivity contribution in [2.24, 2.45) is 11.3 Å². The fourth-order valence-corrected chi connectivity index (χ4v) is 4.13. The van der Waals surface area contributed by atoms with Gasteiger partial charge in [-0.3, -0.25) is 4.79 Å². The zero-order valence-corrected chi connectivity index (χ0v) is 27.4. The summed E-state index contributed by atoms with van der Waals surface area (Å²) in [7, 11) is 0. The van der Waals surface area contributed by atoms with E-state index >= 15 is 0 Å². The topological polar surface area (TPSA) is 17.1 Å². The molecule has 212 valence electrons. The van der Waals surface area contributed by atoms with E-state index in [0.29, 0.717) is 11.7 Å². The Balaban J connectivity index is 0. The number of carbonyl (C=O) groups is 1. The summed E-state index contributed by atoms with van der Waals surface area (Å²) >= 11 is 0. The summed E-state index contributed by atoms with van der Waals surface area (Å²) in [6.07, 6.45) is 4.13. The smallest absolute Gasteiger partial charge is 0.138 e. The van der Waals surface area contributed by atoms with Crippen molar-refractivity contribution in [3.8, 4) is 0 Å². The second-order valence-corrected chi connectivity index (χ2v) is 12.6. The minimum absolute atomic E-state index is 0.0145. The highest BCUT2D eigenvalue weighted by Crippen LogP contribution is 2.37. The Morgan fingerprint density at radius 2 is 1.00 bits per heavy atom. The zero-order valence-electron chi connectivity index (χ0n) is 27.4. The molecular weight excluding hydrogens is 448 g/mol. The number of carbonyl (C=O) groups excluding carboxylic acids is 1. The highest BCUT2D eigenvalue weighted by atomic mass is 16.1. The average molecular weight is 511 g/mol. The molecule has 1 aliphatic rings. The maximum atomic E-state index is 11.1. The Morgan fingerprint density at radius 3 is 1.16 bits per heavy atom. The number of hydrogen-bond acceptors (Lipinski definition) is 1. The fraction of sp³-hybridized carbons (Fsp3) is 0.639. The Bertz CT molecular complexity index is 784. The van der Waals surface area contributed by atoms with E-state index in [9.17, 15) is 4.79 Å². The monoisotopic (exact) mass is 510 g/mol. The quantitative estimate of drug-likeness (QED) is 0.392. The molecule has 1 aliphatic carbocycles. The molecule has 0 spiro atoms. The highest BCUT2D eigenvalue weighted by molar-refractivity contribution is 5.86. The Kier molecular flexibility index (Phi) is 17.7. The maximum Gasteiger partial charge on any atom is 0.138 e. The molecule has 37 heavy (non-hydrogen) atoms. The number of Topliss-reactive ketones (excluding diaryl/α,β-unsaturated/α-hetero) is 1. The SMILES string of the molecule is CC.CC.CC(C)(C)c1ccc(Cc2ccc(C(C)(C)C)cc2)cc1.CC1CC(=O)C(C)(C)C1.CCC. The van der Waals surface area contributed by atoms with Gasteiger partial charge in [0.25, 0.3) is 0 Å². The fourth-order valence-electron chi connectivity index (χ4n) is 4.13. The van der Waals surface area contributed by atoms with Crippen LogP contribution in [0, 0.1) is 11.3 Å². The predicted molar refractivity (Wildman–Crippen MR) is 169 cm³/mol. The summed E-state index contributed by atoms with van der Waals surface area (Å²) in [5.74, 6) is 1.06. The molecule has 1 nitrogen and oxygen atoms in total. The Hall–Kier alpha value is -1.89. The molecule has 0 heterocycles. The standard InChI is InChI=1S/C21H28.C8H14O.C3H8.2C2H6/c1-20(2,3)18-11-7-16(8-12-18)15-17-9-13-19(14-10-17)21(4,5)6;1-6-4-7(9)8(2,3)5-6;1-3-2;2*1-2/h7-14H,15H2,1-6H3;6H,4-5H2,1-3H3;3H2,1-2H3;2*1-2H3. The van der Waals surface area contributed by atoms with Crippen LogP contribution < -0.4 is 0 Å². The van der Waals surface area contributed by atoms with Crippen LogP contribution in [-0.2, 0) is 22.0 Å². The Labute approximate surface area is 232 Å². The van der Waals surface area contributed by atoms with Crippen molar-refractivity contribution in [1.29, 1.82) is 0 Å². The normalized spacial score (nSPS) is 16.0. The lowest BCUT2D eigenvalue weighted by molar-refractivity contribution is -0.124. The lowest BCUT2D eigenvalue weighted by Crippen LogP contribution is -2.15. The summed E-state index contributed by atoms with van der Waals surface area (Å²) in [4.78, 5) is 11.1. The van der Waals surface area contributed by atoms with E-state index in [-0.39, 0.29) is 16.2 Å². The van der Waals surface area contributed by atoms with Gasteiger partial charge in [-0.05, 0) is 51.8 Å². The van der Waals surface area contributed by atoms with Gasteiger partial charge in [0.15, 0.2) is 0 Å². The maximum absolute atomic E-state index is 11.1. The zero-order chi connectivity index (χ0) is 29.4. The second-order valence-electron chi connectivity index (χ2n) is 12.6. The number of benzene rings is 2. The molecule has 1 atom stereocenters. The van der Waals surface area contributed by atoms with Gasteiger partial charge in [0.05, 0.1) is 0 Å². The minimum Gasteiger partial charge on any atom is -0.299 e. The number of rotatable bonds is 2. The second kappa shape index (κ2) is 17.6. The molecule has 1 fully saturated rings. The van der Waals surface area contributed by atoms with Crippen molar-refractivity contribution in [3.63, 3.8) is 0 Å². The van der Waals surface area contributed by atoms with Crippen LogP contribution in [0.2, 0.25) is 0 Å². The molecule has 3 rings (SSSR count). The molecule has 0 radical (unpaired) electrons. The molecule has 1 unspecified atom stereocenters. The minimum atomic E-state index is -0.0145. The van der Waals surface area contributed by atoms with Gasteiger partial charge in [0.1, 0.15) is 5.78 Å². The van der Waals surface area contributed by atoms with Crippen molar-refractivity contribution in [2.75, 3.05) is 0 Å². The van der Waals surface area contributed by atoms with Crippen LogP contribution >= 0.6 is 0 Å². The van der Waals surface area contributed by atoms with Crippen LogP contribution in [-0.4, -0.2) is 5.78 Å². The van der Waals surface area contributed by atoms with Crippen molar-refractivity contribution < 1.29 is 4.79 Å². The van der Waals surface area contributed by atoms with E-state index in [4.69, 9.17) is 0 Å². The van der Waals surface area contributed by atoms with Crippen molar-refractivity contribution in [3.05, 3.63) is 70.8 Å². The summed E-state index contributed by atoms with van der Waals surface area (Å²) in [5, 5.41) is 0. The van der Waals surface area contributed by atoms with Crippen LogP contribution in [0.3, 0.4) is 0 Å². The van der Waals surface area contributed by atoms with Crippen molar-refractivity contribution in [1.82, 2.24) is 0 Å². The highest BCUT2D eigenvalue weighted by Gasteiger charge is 2.36. The molecule has 0 N–H and O–H groups in total. The van der Waals surface area contributed by atoms with E-state index in [0.717, 1.165) is 19.3 Å². The molecule has 0 amide bonds. The van der Waals surface area contributed by atoms with E-state index in [1.54, 1.807) is 0 Å². The van der Waals surface area contributed by atoms with Crippen LogP contribution in [0.5, 0.6) is 0 Å². The summed E-state index contributed by atoms with van der Waals surface area (Å²) in [6, 6.07) is 18.1. The van der Waals surface area contributed by atoms with Gasteiger partial charge in [0, 0.05) is 11.8 Å². The van der Waals surface area contributed by atoms with Crippen LogP contribution in [0.25, 0.3) is 0 Å².